The van der Waals surface area contributed by atoms with Crippen molar-refractivity contribution in [1.29, 1.82) is 0 Å². The highest BCUT2D eigenvalue weighted by atomic mass is 14.2. The fourth-order valence-electron chi connectivity index (χ4n) is 1.88. The van der Waals surface area contributed by atoms with Crippen LogP contribution in [0.2, 0.25) is 0 Å². The fraction of sp³-hybridized carbons (Fsp3) is 0.176. The largest absolute Gasteiger partial charge is 0.106 e. The van der Waals surface area contributed by atoms with Gasteiger partial charge < -0.3 is 0 Å². The van der Waals surface area contributed by atoms with Crippen molar-refractivity contribution in [3.05, 3.63) is 84.9 Å². The van der Waals surface area contributed by atoms with E-state index in [4.69, 9.17) is 0 Å². The van der Waals surface area contributed by atoms with Gasteiger partial charge in [-0.1, -0.05) is 74.5 Å². The van der Waals surface area contributed by atoms with Gasteiger partial charge in [-0.05, 0) is 11.1 Å². The van der Waals surface area contributed by atoms with Gasteiger partial charge in [0.15, 0.2) is 0 Å². The normalized spacial score (nSPS) is 10.2. The van der Waals surface area contributed by atoms with Crippen LogP contribution < -0.4 is 0 Å². The summed E-state index contributed by atoms with van der Waals surface area (Å²) in [5.74, 6) is 0. The van der Waals surface area contributed by atoms with Gasteiger partial charge in [-0.25, -0.2) is 0 Å². The van der Waals surface area contributed by atoms with Gasteiger partial charge in [-0.2, -0.15) is 0 Å². The molecule has 0 bridgehead atoms. The summed E-state index contributed by atoms with van der Waals surface area (Å²) in [5.41, 5.74) is 2.80. The molecule has 0 nitrogen and oxygen atoms in total. The predicted molar refractivity (Wildman–Crippen MR) is 76.3 cm³/mol. The third kappa shape index (κ3) is 3.07. The molecule has 2 aromatic carbocycles. The van der Waals surface area contributed by atoms with Crippen LogP contribution in [0.3, 0.4) is 0 Å². The van der Waals surface area contributed by atoms with Crippen LogP contribution in [0.4, 0.5) is 0 Å². The second kappa shape index (κ2) is 6.05. The highest BCUT2D eigenvalue weighted by molar-refractivity contribution is 5.36. The smallest absolute Gasteiger partial charge is 0.0146 e. The Kier molecular flexibility index (Phi) is 4.71. The molecule has 0 radical (unpaired) electrons. The van der Waals surface area contributed by atoms with E-state index in [0.717, 1.165) is 0 Å². The van der Waals surface area contributed by atoms with E-state index in [2.05, 4.69) is 87.7 Å². The Balaban J connectivity index is 0.000000686. The van der Waals surface area contributed by atoms with Crippen molar-refractivity contribution >= 4 is 0 Å². The summed E-state index contributed by atoms with van der Waals surface area (Å²) < 4.78 is 0. The molecule has 0 N–H and O–H groups in total. The maximum Gasteiger partial charge on any atom is 0.0146 e. The van der Waals surface area contributed by atoms with Gasteiger partial charge in [0.05, 0.1) is 0 Å². The maximum absolute atomic E-state index is 3.00. The van der Waals surface area contributed by atoms with Crippen LogP contribution in [-0.4, -0.2) is 0 Å². The second-order valence-electron chi connectivity index (χ2n) is 4.36. The molecule has 0 saturated heterocycles. The summed E-state index contributed by atoms with van der Waals surface area (Å²) in [6.45, 7) is 10.5. The molecule has 0 heterocycles. The van der Waals surface area contributed by atoms with Crippen molar-refractivity contribution in [2.75, 3.05) is 0 Å². The predicted octanol–water partition coefficient (Wildman–Crippen LogP) is 4.81. The highest BCUT2D eigenvalue weighted by Gasteiger charge is 2.21. The van der Waals surface area contributed by atoms with E-state index in [1.54, 1.807) is 0 Å². The number of hydrogen-bond acceptors (Lipinski definition) is 0. The molecular weight excluding hydrogens is 204 g/mol. The van der Waals surface area contributed by atoms with Crippen LogP contribution in [0.25, 0.3) is 0 Å². The van der Waals surface area contributed by atoms with E-state index in [1.807, 2.05) is 0 Å². The second-order valence-corrected chi connectivity index (χ2v) is 4.36. The van der Waals surface area contributed by atoms with E-state index >= 15 is 0 Å². The van der Waals surface area contributed by atoms with Gasteiger partial charge in [0.25, 0.3) is 0 Å². The van der Waals surface area contributed by atoms with Crippen molar-refractivity contribution < 1.29 is 0 Å². The lowest BCUT2D eigenvalue weighted by molar-refractivity contribution is 0.641. The minimum atomic E-state index is 0.0858. The first-order valence-corrected chi connectivity index (χ1v) is 5.82. The topological polar surface area (TPSA) is 0 Å². The average molecular weight is 224 g/mol. The molecule has 0 unspecified atom stereocenters. The zero-order valence-electron chi connectivity index (χ0n) is 10.7. The van der Waals surface area contributed by atoms with E-state index in [0.29, 0.717) is 0 Å². The molecule has 17 heavy (non-hydrogen) atoms. The van der Waals surface area contributed by atoms with Gasteiger partial charge in [0, 0.05) is 5.41 Å². The van der Waals surface area contributed by atoms with E-state index < -0.39 is 0 Å². The van der Waals surface area contributed by atoms with Gasteiger partial charge in [-0.3, -0.25) is 0 Å². The Labute approximate surface area is 105 Å². The van der Waals surface area contributed by atoms with Crippen LogP contribution in [0.15, 0.2) is 73.8 Å². The maximum atomic E-state index is 3.00. The Morgan fingerprint density at radius 2 is 0.941 bits per heavy atom. The zero-order valence-corrected chi connectivity index (χ0v) is 10.7. The van der Waals surface area contributed by atoms with Crippen molar-refractivity contribution in [2.45, 2.75) is 19.3 Å². The molecule has 0 amide bonds. The summed E-state index contributed by atoms with van der Waals surface area (Å²) in [7, 11) is 0. The number of hydrogen-bond donors (Lipinski definition) is 0. The van der Waals surface area contributed by atoms with Crippen LogP contribution in [0.1, 0.15) is 25.0 Å². The van der Waals surface area contributed by atoms with Crippen molar-refractivity contribution in [2.24, 2.45) is 0 Å². The van der Waals surface area contributed by atoms with Crippen molar-refractivity contribution in [3.8, 4) is 0 Å². The molecule has 0 aliphatic heterocycles. The van der Waals surface area contributed by atoms with Crippen LogP contribution in [0, 0.1) is 0 Å². The lowest BCUT2D eigenvalue weighted by Crippen LogP contribution is -2.18. The standard InChI is InChI=1S/C15H16.C2H4/c1-15(2,13-9-5-3-6-10-13)14-11-7-4-8-12-14;1-2/h3-12H,1-2H3;1-2H2. The summed E-state index contributed by atoms with van der Waals surface area (Å²) >= 11 is 0. The molecule has 0 atom stereocenters. The lowest BCUT2D eigenvalue weighted by atomic mass is 9.78. The third-order valence-electron chi connectivity index (χ3n) is 2.99. The van der Waals surface area contributed by atoms with E-state index in [-0.39, 0.29) is 5.41 Å². The summed E-state index contributed by atoms with van der Waals surface area (Å²) in [4.78, 5) is 0. The van der Waals surface area contributed by atoms with Crippen molar-refractivity contribution in [1.82, 2.24) is 0 Å². The molecule has 2 rings (SSSR count). The Bertz CT molecular complexity index is 385. The number of benzene rings is 2. The summed E-state index contributed by atoms with van der Waals surface area (Å²) in [6.07, 6.45) is 0. The fourth-order valence-corrected chi connectivity index (χ4v) is 1.88. The molecule has 0 spiro atoms. The van der Waals surface area contributed by atoms with Gasteiger partial charge in [0.1, 0.15) is 0 Å². The molecule has 0 aliphatic rings. The van der Waals surface area contributed by atoms with Gasteiger partial charge in [0.2, 0.25) is 0 Å². The van der Waals surface area contributed by atoms with Gasteiger partial charge in [-0.15, -0.1) is 13.2 Å². The Morgan fingerprint density at radius 3 is 1.24 bits per heavy atom. The monoisotopic (exact) mass is 224 g/mol. The average Bonchev–Trinajstić information content (AvgIpc) is 2.43. The van der Waals surface area contributed by atoms with Crippen LogP contribution in [-0.2, 0) is 5.41 Å². The summed E-state index contributed by atoms with van der Waals surface area (Å²) in [5, 5.41) is 0. The van der Waals surface area contributed by atoms with Gasteiger partial charge >= 0.3 is 0 Å². The molecule has 0 saturated carbocycles. The minimum Gasteiger partial charge on any atom is -0.106 e. The molecule has 2 aromatic rings. The highest BCUT2D eigenvalue weighted by Crippen LogP contribution is 2.30. The Hall–Kier alpha value is -1.82. The summed E-state index contributed by atoms with van der Waals surface area (Å²) in [6, 6.07) is 21.3. The molecule has 88 valence electrons. The van der Waals surface area contributed by atoms with E-state index in [1.165, 1.54) is 11.1 Å². The Morgan fingerprint density at radius 1 is 0.647 bits per heavy atom. The first-order chi connectivity index (χ1) is 8.21. The quantitative estimate of drug-likeness (QED) is 0.642. The van der Waals surface area contributed by atoms with Crippen LogP contribution in [0.5, 0.6) is 0 Å². The minimum absolute atomic E-state index is 0.0858. The molecule has 0 heteroatoms. The van der Waals surface area contributed by atoms with E-state index in [9.17, 15) is 0 Å². The number of rotatable bonds is 2. The molecule has 0 fully saturated rings. The molecular formula is C17H20. The zero-order chi connectivity index (χ0) is 12.7. The first-order valence-electron chi connectivity index (χ1n) is 5.82. The first kappa shape index (κ1) is 13.2. The molecule has 0 aliphatic carbocycles. The molecule has 0 aromatic heterocycles. The SMILES string of the molecule is C=C.CC(C)(c1ccccc1)c1ccccc1. The van der Waals surface area contributed by atoms with Crippen molar-refractivity contribution in [3.63, 3.8) is 0 Å². The lowest BCUT2D eigenvalue weighted by Gasteiger charge is -2.25. The van der Waals surface area contributed by atoms with Crippen LogP contribution >= 0.6 is 0 Å². The third-order valence-corrected chi connectivity index (χ3v) is 2.99.